The van der Waals surface area contributed by atoms with Crippen LogP contribution in [0.2, 0.25) is 0 Å². The molecule has 4 rings (SSSR count). The molecule has 152 valence electrons. The Labute approximate surface area is 172 Å². The minimum atomic E-state index is -0.0582. The van der Waals surface area contributed by atoms with Crippen molar-refractivity contribution in [2.24, 2.45) is 0 Å². The summed E-state index contributed by atoms with van der Waals surface area (Å²) in [5.74, 6) is 0.974. The fraction of sp³-hybridized carbons (Fsp3) is 0.478. The van der Waals surface area contributed by atoms with Crippen LogP contribution in [0.3, 0.4) is 0 Å². The van der Waals surface area contributed by atoms with E-state index in [0.717, 1.165) is 54.9 Å². The van der Waals surface area contributed by atoms with Gasteiger partial charge < -0.3 is 9.80 Å². The van der Waals surface area contributed by atoms with Crippen LogP contribution in [0.15, 0.2) is 30.5 Å². The zero-order valence-corrected chi connectivity index (χ0v) is 17.2. The van der Waals surface area contributed by atoms with E-state index in [1.807, 2.05) is 41.1 Å². The van der Waals surface area contributed by atoms with E-state index >= 15 is 0 Å². The summed E-state index contributed by atoms with van der Waals surface area (Å²) in [5.41, 5.74) is 4.26. The van der Waals surface area contributed by atoms with Crippen LogP contribution in [0, 0.1) is 6.92 Å². The molecule has 0 N–H and O–H groups in total. The summed E-state index contributed by atoms with van der Waals surface area (Å²) >= 11 is 0. The minimum absolute atomic E-state index is 0.0582. The number of hydrogen-bond acceptors (Lipinski definition) is 4. The second kappa shape index (κ2) is 8.31. The van der Waals surface area contributed by atoms with Crippen molar-refractivity contribution in [1.29, 1.82) is 0 Å². The Morgan fingerprint density at radius 1 is 1.21 bits per heavy atom. The molecule has 0 saturated carbocycles. The van der Waals surface area contributed by atoms with E-state index in [0.29, 0.717) is 19.5 Å². The lowest BCUT2D eigenvalue weighted by Gasteiger charge is -2.35. The van der Waals surface area contributed by atoms with Crippen molar-refractivity contribution in [1.82, 2.24) is 19.8 Å². The number of benzene rings is 1. The third kappa shape index (κ3) is 4.31. The van der Waals surface area contributed by atoms with Crippen LogP contribution in [0.25, 0.3) is 0 Å². The Kier molecular flexibility index (Phi) is 5.60. The number of carbonyl (C=O) groups is 2. The lowest BCUT2D eigenvalue weighted by molar-refractivity contribution is -0.134. The quantitative estimate of drug-likeness (QED) is 0.805. The van der Waals surface area contributed by atoms with Crippen molar-refractivity contribution in [2.45, 2.75) is 58.5 Å². The second-order valence-corrected chi connectivity index (χ2v) is 8.16. The monoisotopic (exact) mass is 392 g/mol. The van der Waals surface area contributed by atoms with Gasteiger partial charge in [-0.05, 0) is 31.7 Å². The first-order valence-corrected chi connectivity index (χ1v) is 10.5. The average Bonchev–Trinajstić information content (AvgIpc) is 2.73. The Balaban J connectivity index is 1.53. The van der Waals surface area contributed by atoms with Crippen LogP contribution in [0.4, 0.5) is 0 Å². The highest BCUT2D eigenvalue weighted by Crippen LogP contribution is 2.30. The van der Waals surface area contributed by atoms with Crippen LogP contribution in [-0.2, 0) is 29.0 Å². The number of likely N-dealkylation sites (tertiary alicyclic amines) is 1. The zero-order chi connectivity index (χ0) is 20.4. The normalized spacial score (nSPS) is 19.0. The third-order valence-corrected chi connectivity index (χ3v) is 5.96. The highest BCUT2D eigenvalue weighted by molar-refractivity contribution is 5.79. The molecule has 1 aromatic heterocycles. The lowest BCUT2D eigenvalue weighted by atomic mass is 9.99. The van der Waals surface area contributed by atoms with Crippen molar-refractivity contribution in [3.8, 4) is 0 Å². The number of aromatic nitrogens is 2. The summed E-state index contributed by atoms with van der Waals surface area (Å²) in [4.78, 5) is 38.0. The molecule has 1 aromatic carbocycles. The fourth-order valence-corrected chi connectivity index (χ4v) is 4.36. The maximum Gasteiger partial charge on any atom is 0.227 e. The summed E-state index contributed by atoms with van der Waals surface area (Å²) in [6.45, 7) is 5.67. The van der Waals surface area contributed by atoms with Crippen molar-refractivity contribution in [3.05, 3.63) is 58.7 Å². The van der Waals surface area contributed by atoms with Crippen molar-refractivity contribution < 1.29 is 9.59 Å². The number of aryl methyl sites for hydroxylation is 1. The molecular weight excluding hydrogens is 364 g/mol. The summed E-state index contributed by atoms with van der Waals surface area (Å²) in [6.07, 6.45) is 6.01. The molecule has 29 heavy (non-hydrogen) atoms. The molecule has 0 aliphatic carbocycles. The molecule has 0 spiro atoms. The molecule has 6 heteroatoms. The summed E-state index contributed by atoms with van der Waals surface area (Å²) < 4.78 is 0. The van der Waals surface area contributed by atoms with E-state index in [2.05, 4.69) is 11.1 Å². The first-order chi connectivity index (χ1) is 14.0. The highest BCUT2D eigenvalue weighted by atomic mass is 16.2. The molecule has 2 aliphatic heterocycles. The van der Waals surface area contributed by atoms with Gasteiger partial charge in [-0.1, -0.05) is 29.8 Å². The smallest absolute Gasteiger partial charge is 0.227 e. The van der Waals surface area contributed by atoms with E-state index in [1.54, 1.807) is 6.92 Å². The molecule has 6 nitrogen and oxygen atoms in total. The topological polar surface area (TPSA) is 66.4 Å². The number of fused-ring (bicyclic) bond motifs is 1. The van der Waals surface area contributed by atoms with Gasteiger partial charge in [-0.2, -0.15) is 0 Å². The van der Waals surface area contributed by atoms with Gasteiger partial charge >= 0.3 is 0 Å². The molecule has 1 saturated heterocycles. The lowest BCUT2D eigenvalue weighted by Crippen LogP contribution is -2.40. The third-order valence-electron chi connectivity index (χ3n) is 5.96. The van der Waals surface area contributed by atoms with Gasteiger partial charge in [0.05, 0.1) is 18.2 Å². The molecular formula is C23H28N4O2. The van der Waals surface area contributed by atoms with Crippen LogP contribution in [-0.4, -0.2) is 44.7 Å². The highest BCUT2D eigenvalue weighted by Gasteiger charge is 2.31. The van der Waals surface area contributed by atoms with Gasteiger partial charge in [0, 0.05) is 44.7 Å². The Hall–Kier alpha value is -2.76. The molecule has 2 aromatic rings. The van der Waals surface area contributed by atoms with Gasteiger partial charge in [0.2, 0.25) is 11.8 Å². The molecule has 0 radical (unpaired) electrons. The fourth-order valence-electron chi connectivity index (χ4n) is 4.36. The number of amides is 2. The number of nitrogens with zero attached hydrogens (tertiary/aromatic N) is 4. The largest absolute Gasteiger partial charge is 0.338 e. The number of rotatable bonds is 3. The number of piperidine rings is 1. The molecule has 0 bridgehead atoms. The predicted molar refractivity (Wildman–Crippen MR) is 110 cm³/mol. The Morgan fingerprint density at radius 2 is 2.07 bits per heavy atom. The molecule has 2 aliphatic rings. The standard InChI is InChI=1S/C23H28N4O2/c1-16-6-5-7-18(12-16)13-22(29)27-10-4-3-8-21(27)23-24-14-19-15-26(17(2)28)11-9-20(19)25-23/h5-7,12,14,21H,3-4,8-11,13,15H2,1-2H3. The van der Waals surface area contributed by atoms with Gasteiger partial charge in [-0.3, -0.25) is 9.59 Å². The van der Waals surface area contributed by atoms with E-state index < -0.39 is 0 Å². The summed E-state index contributed by atoms with van der Waals surface area (Å²) in [6, 6.07) is 8.08. The van der Waals surface area contributed by atoms with Crippen LogP contribution >= 0.6 is 0 Å². The van der Waals surface area contributed by atoms with Crippen LogP contribution in [0.1, 0.15) is 60.4 Å². The molecule has 1 atom stereocenters. The molecule has 2 amide bonds. The first-order valence-electron chi connectivity index (χ1n) is 10.5. The number of carbonyl (C=O) groups excluding carboxylic acids is 2. The predicted octanol–water partition coefficient (Wildman–Crippen LogP) is 2.99. The van der Waals surface area contributed by atoms with Gasteiger partial charge in [-0.15, -0.1) is 0 Å². The summed E-state index contributed by atoms with van der Waals surface area (Å²) in [5, 5.41) is 0. The molecule has 3 heterocycles. The van der Waals surface area contributed by atoms with Gasteiger partial charge in [0.1, 0.15) is 0 Å². The van der Waals surface area contributed by atoms with Gasteiger partial charge in [0.25, 0.3) is 0 Å². The Bertz CT molecular complexity index is 927. The van der Waals surface area contributed by atoms with Gasteiger partial charge in [0.15, 0.2) is 5.82 Å². The number of hydrogen-bond donors (Lipinski definition) is 0. The van der Waals surface area contributed by atoms with Crippen LogP contribution in [0.5, 0.6) is 0 Å². The summed E-state index contributed by atoms with van der Waals surface area (Å²) in [7, 11) is 0. The average molecular weight is 393 g/mol. The Morgan fingerprint density at radius 3 is 2.86 bits per heavy atom. The van der Waals surface area contributed by atoms with E-state index in [1.165, 1.54) is 5.56 Å². The van der Waals surface area contributed by atoms with E-state index in [-0.39, 0.29) is 17.9 Å². The second-order valence-electron chi connectivity index (χ2n) is 8.16. The van der Waals surface area contributed by atoms with Crippen molar-refractivity contribution >= 4 is 11.8 Å². The maximum atomic E-state index is 13.1. The van der Waals surface area contributed by atoms with Gasteiger partial charge in [-0.25, -0.2) is 9.97 Å². The minimum Gasteiger partial charge on any atom is -0.338 e. The molecule has 1 fully saturated rings. The molecule has 1 unspecified atom stereocenters. The zero-order valence-electron chi connectivity index (χ0n) is 17.2. The van der Waals surface area contributed by atoms with E-state index in [9.17, 15) is 9.59 Å². The van der Waals surface area contributed by atoms with Crippen LogP contribution < -0.4 is 0 Å². The van der Waals surface area contributed by atoms with E-state index in [4.69, 9.17) is 4.98 Å². The SMILES string of the molecule is CC(=O)N1CCc2nc(C3CCCCN3C(=O)Cc3cccc(C)c3)ncc2C1. The van der Waals surface area contributed by atoms with Crippen molar-refractivity contribution in [2.75, 3.05) is 13.1 Å². The maximum absolute atomic E-state index is 13.1. The first kappa shape index (κ1) is 19.6. The van der Waals surface area contributed by atoms with Crippen molar-refractivity contribution in [3.63, 3.8) is 0 Å².